The molecule has 1 aromatic carbocycles. The van der Waals surface area contributed by atoms with Crippen LogP contribution in [0.5, 0.6) is 0 Å². The van der Waals surface area contributed by atoms with Crippen molar-refractivity contribution < 1.29 is 4.79 Å². The van der Waals surface area contributed by atoms with Gasteiger partial charge in [0.2, 0.25) is 5.91 Å². The third-order valence-electron chi connectivity index (χ3n) is 2.56. The van der Waals surface area contributed by atoms with Crippen molar-refractivity contribution in [3.05, 3.63) is 35.9 Å². The third-order valence-corrected chi connectivity index (χ3v) is 2.91. The molecule has 0 aliphatic carbocycles. The fourth-order valence-electron chi connectivity index (χ4n) is 1.62. The summed E-state index contributed by atoms with van der Waals surface area (Å²) >= 11 is 3.36. The van der Waals surface area contributed by atoms with Crippen LogP contribution in [0.3, 0.4) is 0 Å². The summed E-state index contributed by atoms with van der Waals surface area (Å²) in [6.45, 7) is 3.60. The molecule has 2 nitrogen and oxygen atoms in total. The lowest BCUT2D eigenvalue weighted by molar-refractivity contribution is -0.130. The van der Waals surface area contributed by atoms with E-state index in [0.29, 0.717) is 6.42 Å². The molecule has 3 heteroatoms. The predicted octanol–water partition coefficient (Wildman–Crippen LogP) is 2.86. The number of alkyl halides is 1. The minimum atomic E-state index is 0.241. The van der Waals surface area contributed by atoms with Crippen molar-refractivity contribution in [2.24, 2.45) is 0 Å². The minimum Gasteiger partial charge on any atom is -0.342 e. The number of rotatable bonds is 6. The zero-order chi connectivity index (χ0) is 11.8. The Bertz CT molecular complexity index is 313. The molecule has 0 saturated heterocycles. The van der Waals surface area contributed by atoms with Crippen molar-refractivity contribution in [3.63, 3.8) is 0 Å². The van der Waals surface area contributed by atoms with E-state index >= 15 is 0 Å². The number of hydrogen-bond acceptors (Lipinski definition) is 1. The van der Waals surface area contributed by atoms with E-state index in [9.17, 15) is 4.79 Å². The van der Waals surface area contributed by atoms with Gasteiger partial charge in [-0.3, -0.25) is 4.79 Å². The lowest BCUT2D eigenvalue weighted by Crippen LogP contribution is -2.32. The van der Waals surface area contributed by atoms with Crippen LogP contribution in [0.4, 0.5) is 0 Å². The molecule has 16 heavy (non-hydrogen) atoms. The number of carbonyl (C=O) groups excluding carboxylic acids is 1. The van der Waals surface area contributed by atoms with Crippen molar-refractivity contribution >= 4 is 21.8 Å². The van der Waals surface area contributed by atoms with Crippen LogP contribution in [0.1, 0.15) is 18.9 Å². The summed E-state index contributed by atoms with van der Waals surface area (Å²) in [5.74, 6) is 0.241. The number of halogens is 1. The Kier molecular flexibility index (Phi) is 6.16. The number of aryl methyl sites for hydroxylation is 1. The maximum atomic E-state index is 11.8. The average Bonchev–Trinajstić information content (AvgIpc) is 2.34. The molecule has 0 bridgehead atoms. The van der Waals surface area contributed by atoms with E-state index in [2.05, 4.69) is 28.1 Å². The Morgan fingerprint density at radius 3 is 2.56 bits per heavy atom. The fourth-order valence-corrected chi connectivity index (χ4v) is 2.04. The molecule has 1 rings (SSSR count). The van der Waals surface area contributed by atoms with Gasteiger partial charge in [-0.1, -0.05) is 46.3 Å². The first kappa shape index (κ1) is 13.2. The molecule has 0 saturated carbocycles. The molecule has 0 heterocycles. The topological polar surface area (TPSA) is 20.3 Å². The lowest BCUT2D eigenvalue weighted by atomic mass is 10.1. The molecule has 0 unspecified atom stereocenters. The smallest absolute Gasteiger partial charge is 0.222 e. The Hall–Kier alpha value is -0.830. The lowest BCUT2D eigenvalue weighted by Gasteiger charge is -2.19. The number of amides is 1. The summed E-state index contributed by atoms with van der Waals surface area (Å²) in [6, 6.07) is 10.1. The van der Waals surface area contributed by atoms with E-state index in [1.807, 2.05) is 30.0 Å². The molecular weight excluding hydrogens is 266 g/mol. The molecule has 0 radical (unpaired) electrons. The Morgan fingerprint density at radius 1 is 1.31 bits per heavy atom. The second-order valence-electron chi connectivity index (χ2n) is 3.65. The zero-order valence-corrected chi connectivity index (χ0v) is 11.2. The van der Waals surface area contributed by atoms with Crippen LogP contribution >= 0.6 is 15.9 Å². The Balaban J connectivity index is 2.40. The first-order valence-electron chi connectivity index (χ1n) is 5.65. The summed E-state index contributed by atoms with van der Waals surface area (Å²) in [4.78, 5) is 13.7. The molecule has 0 atom stereocenters. The normalized spacial score (nSPS) is 10.1. The molecule has 0 fully saturated rings. The van der Waals surface area contributed by atoms with Crippen LogP contribution in [0.25, 0.3) is 0 Å². The van der Waals surface area contributed by atoms with Gasteiger partial charge in [-0.25, -0.2) is 0 Å². The zero-order valence-electron chi connectivity index (χ0n) is 9.66. The molecule has 0 aliphatic rings. The third kappa shape index (κ3) is 4.35. The van der Waals surface area contributed by atoms with Gasteiger partial charge in [-0.15, -0.1) is 0 Å². The van der Waals surface area contributed by atoms with Gasteiger partial charge in [0, 0.05) is 24.8 Å². The van der Waals surface area contributed by atoms with Gasteiger partial charge in [0.25, 0.3) is 0 Å². The van der Waals surface area contributed by atoms with E-state index in [4.69, 9.17) is 0 Å². The summed E-state index contributed by atoms with van der Waals surface area (Å²) < 4.78 is 0. The SMILES string of the molecule is CCN(CCBr)C(=O)CCc1ccccc1. The predicted molar refractivity (Wildman–Crippen MR) is 70.8 cm³/mol. The minimum absolute atomic E-state index is 0.241. The van der Waals surface area contributed by atoms with Gasteiger partial charge >= 0.3 is 0 Å². The van der Waals surface area contributed by atoms with Gasteiger partial charge in [0.05, 0.1) is 0 Å². The Morgan fingerprint density at radius 2 is 2.00 bits per heavy atom. The molecule has 88 valence electrons. The highest BCUT2D eigenvalue weighted by Gasteiger charge is 2.10. The molecule has 0 aromatic heterocycles. The van der Waals surface area contributed by atoms with E-state index in [1.54, 1.807) is 0 Å². The van der Waals surface area contributed by atoms with Crippen LogP contribution in [0.2, 0.25) is 0 Å². The fraction of sp³-hybridized carbons (Fsp3) is 0.462. The second-order valence-corrected chi connectivity index (χ2v) is 4.44. The molecular formula is C13H18BrNO. The van der Waals surface area contributed by atoms with Gasteiger partial charge < -0.3 is 4.90 Å². The monoisotopic (exact) mass is 283 g/mol. The highest BCUT2D eigenvalue weighted by atomic mass is 79.9. The molecule has 0 aliphatic heterocycles. The van der Waals surface area contributed by atoms with E-state index < -0.39 is 0 Å². The first-order valence-corrected chi connectivity index (χ1v) is 6.77. The summed E-state index contributed by atoms with van der Waals surface area (Å²) in [6.07, 6.45) is 1.43. The van der Waals surface area contributed by atoms with Crippen molar-refractivity contribution in [2.75, 3.05) is 18.4 Å². The molecule has 0 spiro atoms. The standard InChI is InChI=1S/C13H18BrNO/c1-2-15(11-10-14)13(16)9-8-12-6-4-3-5-7-12/h3-7H,2,8-11H2,1H3. The maximum absolute atomic E-state index is 11.8. The van der Waals surface area contributed by atoms with Crippen LogP contribution in [-0.4, -0.2) is 29.2 Å². The largest absolute Gasteiger partial charge is 0.342 e. The van der Waals surface area contributed by atoms with Crippen LogP contribution < -0.4 is 0 Å². The van der Waals surface area contributed by atoms with E-state index in [-0.39, 0.29) is 5.91 Å². The maximum Gasteiger partial charge on any atom is 0.222 e. The van der Waals surface area contributed by atoms with Gasteiger partial charge in [-0.2, -0.15) is 0 Å². The van der Waals surface area contributed by atoms with Gasteiger partial charge in [0.15, 0.2) is 0 Å². The van der Waals surface area contributed by atoms with Crippen LogP contribution in [-0.2, 0) is 11.2 Å². The van der Waals surface area contributed by atoms with E-state index in [1.165, 1.54) is 5.56 Å². The molecule has 1 amide bonds. The first-order chi connectivity index (χ1) is 7.77. The van der Waals surface area contributed by atoms with E-state index in [0.717, 1.165) is 24.8 Å². The highest BCUT2D eigenvalue weighted by Crippen LogP contribution is 2.05. The molecule has 1 aromatic rings. The van der Waals surface area contributed by atoms with Crippen LogP contribution in [0.15, 0.2) is 30.3 Å². The summed E-state index contributed by atoms with van der Waals surface area (Å²) in [5.41, 5.74) is 1.23. The van der Waals surface area contributed by atoms with Crippen molar-refractivity contribution in [1.29, 1.82) is 0 Å². The second kappa shape index (κ2) is 7.44. The Labute approximate surface area is 106 Å². The number of nitrogens with zero attached hydrogens (tertiary/aromatic N) is 1. The summed E-state index contributed by atoms with van der Waals surface area (Å²) in [5, 5.41) is 0.845. The van der Waals surface area contributed by atoms with Crippen molar-refractivity contribution in [1.82, 2.24) is 4.90 Å². The molecule has 0 N–H and O–H groups in total. The summed E-state index contributed by atoms with van der Waals surface area (Å²) in [7, 11) is 0. The number of benzene rings is 1. The quantitative estimate of drug-likeness (QED) is 0.736. The average molecular weight is 284 g/mol. The van der Waals surface area contributed by atoms with Gasteiger partial charge in [-0.05, 0) is 18.9 Å². The van der Waals surface area contributed by atoms with Crippen molar-refractivity contribution in [2.45, 2.75) is 19.8 Å². The van der Waals surface area contributed by atoms with Gasteiger partial charge in [0.1, 0.15) is 0 Å². The van der Waals surface area contributed by atoms with Crippen LogP contribution in [0, 0.1) is 0 Å². The van der Waals surface area contributed by atoms with Crippen molar-refractivity contribution in [3.8, 4) is 0 Å². The highest BCUT2D eigenvalue weighted by molar-refractivity contribution is 9.09. The number of hydrogen-bond donors (Lipinski definition) is 0. The number of carbonyl (C=O) groups is 1.